The number of nitrogens with one attached hydrogen (secondary N) is 2. The van der Waals surface area contributed by atoms with Crippen molar-refractivity contribution in [3.8, 4) is 0 Å². The first-order valence-corrected chi connectivity index (χ1v) is 21.8. The second kappa shape index (κ2) is 31.9. The highest BCUT2D eigenvalue weighted by Gasteiger charge is 2.37. The highest BCUT2D eigenvalue weighted by atomic mass is 127. The van der Waals surface area contributed by atoms with Crippen LogP contribution in [-0.2, 0) is 70.2 Å². The molecular weight excluding hydrogens is 867 g/mol. The number of nitrogens with zero attached hydrogens (tertiary/aromatic N) is 1. The van der Waals surface area contributed by atoms with Crippen LogP contribution in [0.5, 0.6) is 0 Å². The summed E-state index contributed by atoms with van der Waals surface area (Å²) in [6, 6.07) is 6.69. The molecule has 328 valence electrons. The third kappa shape index (κ3) is 23.0. The van der Waals surface area contributed by atoms with Crippen LogP contribution in [0.15, 0.2) is 24.3 Å². The van der Waals surface area contributed by atoms with Gasteiger partial charge >= 0.3 is 0 Å². The molecule has 1 heterocycles. The van der Waals surface area contributed by atoms with Crippen LogP contribution in [0.3, 0.4) is 0 Å². The van der Waals surface area contributed by atoms with Gasteiger partial charge in [0.1, 0.15) is 19.8 Å². The number of fused-ring (bicyclic) bond motifs is 1. The molecule has 0 fully saturated rings. The summed E-state index contributed by atoms with van der Waals surface area (Å²) in [5.41, 5.74) is 8.46. The Morgan fingerprint density at radius 2 is 1.22 bits per heavy atom. The van der Waals surface area contributed by atoms with Crippen LogP contribution in [0, 0.1) is 5.92 Å². The Bertz CT molecular complexity index is 1380. The van der Waals surface area contributed by atoms with E-state index in [1.165, 1.54) is 0 Å². The van der Waals surface area contributed by atoms with E-state index in [1.807, 2.05) is 60.7 Å². The van der Waals surface area contributed by atoms with Crippen molar-refractivity contribution in [1.29, 1.82) is 0 Å². The van der Waals surface area contributed by atoms with E-state index in [0.29, 0.717) is 102 Å². The fourth-order valence-electron chi connectivity index (χ4n) is 5.93. The lowest BCUT2D eigenvalue weighted by Gasteiger charge is -2.38. The van der Waals surface area contributed by atoms with Crippen LogP contribution in [0.25, 0.3) is 0 Å². The average molecular weight is 933 g/mol. The van der Waals surface area contributed by atoms with E-state index in [4.69, 9.17) is 34.2 Å². The maximum atomic E-state index is 13.4. The summed E-state index contributed by atoms with van der Waals surface area (Å²) < 4.78 is 32.6. The number of hydrogen-bond acceptors (Lipinski definition) is 13. The number of ketones is 3. The number of nitrogens with two attached hydrogens (primary N) is 1. The van der Waals surface area contributed by atoms with Crippen LogP contribution < -0.4 is 16.4 Å². The quantitative estimate of drug-likeness (QED) is 0.0507. The molecule has 2 atom stereocenters. The number of hydrogen-bond donors (Lipinski definition) is 3. The minimum absolute atomic E-state index is 0.00537. The molecule has 0 saturated carbocycles. The van der Waals surface area contributed by atoms with Crippen LogP contribution >= 0.6 is 22.6 Å². The van der Waals surface area contributed by atoms with Gasteiger partial charge in [0, 0.05) is 51.4 Å². The van der Waals surface area contributed by atoms with Gasteiger partial charge in [-0.05, 0) is 30.4 Å². The number of halogens is 1. The maximum absolute atomic E-state index is 13.4. The molecule has 0 bridgehead atoms. The van der Waals surface area contributed by atoms with Crippen molar-refractivity contribution in [3.63, 3.8) is 0 Å². The van der Waals surface area contributed by atoms with Crippen LogP contribution in [0.1, 0.15) is 69.9 Å². The number of carbonyl (C=O) groups is 6. The van der Waals surface area contributed by atoms with Gasteiger partial charge in [-0.15, -0.1) is 0 Å². The van der Waals surface area contributed by atoms with Gasteiger partial charge < -0.3 is 49.7 Å². The third-order valence-corrected chi connectivity index (χ3v) is 9.79. The summed E-state index contributed by atoms with van der Waals surface area (Å²) in [4.78, 5) is 75.1. The fourth-order valence-corrected chi connectivity index (χ4v) is 6.20. The summed E-state index contributed by atoms with van der Waals surface area (Å²) in [5, 5.41) is 5.39. The van der Waals surface area contributed by atoms with E-state index >= 15 is 0 Å². The van der Waals surface area contributed by atoms with Crippen molar-refractivity contribution in [2.24, 2.45) is 11.7 Å². The standard InChI is InChI=1S/C41H65IN4O12/c1-31(2)40(51)37-25-32-9-6-7-10-33(32)27-46(37)41(52)36(43)13-5-3-4-11-34(47)28-56-22-21-55-18-15-45-39(50)30-58-24-19-53-16-8-12-35(48)29-57-23-20-54-17-14-44-38(49)26-42/h6-7,9-10,31,36-37H,3-5,8,11-30,43H2,1-2H3,(H,44,49)(H,45,50)/t36-,37-/m1/s1. The highest BCUT2D eigenvalue weighted by molar-refractivity contribution is 14.1. The van der Waals surface area contributed by atoms with E-state index in [-0.39, 0.29) is 87.2 Å². The minimum atomic E-state index is -0.703. The van der Waals surface area contributed by atoms with Gasteiger partial charge in [-0.3, -0.25) is 28.8 Å². The van der Waals surface area contributed by atoms with Gasteiger partial charge in [-0.2, -0.15) is 0 Å². The van der Waals surface area contributed by atoms with Gasteiger partial charge in [0.15, 0.2) is 17.3 Å². The third-order valence-electron chi connectivity index (χ3n) is 9.10. The molecule has 16 nitrogen and oxygen atoms in total. The van der Waals surface area contributed by atoms with E-state index in [1.54, 1.807) is 4.90 Å². The molecule has 2 rings (SSSR count). The summed E-state index contributed by atoms with van der Waals surface area (Å²) >= 11 is 1.99. The van der Waals surface area contributed by atoms with Crippen molar-refractivity contribution < 1.29 is 57.2 Å². The molecule has 17 heteroatoms. The molecule has 0 radical (unpaired) electrons. The van der Waals surface area contributed by atoms with Gasteiger partial charge in [0.2, 0.25) is 17.7 Å². The molecule has 1 aromatic rings. The minimum Gasteiger partial charge on any atom is -0.379 e. The first kappa shape index (κ1) is 51.2. The number of alkyl halides is 1. The normalized spacial score (nSPS) is 14.2. The maximum Gasteiger partial charge on any atom is 0.246 e. The monoisotopic (exact) mass is 932 g/mol. The molecule has 1 aromatic carbocycles. The van der Waals surface area contributed by atoms with Crippen molar-refractivity contribution in [3.05, 3.63) is 35.4 Å². The molecule has 1 aliphatic heterocycles. The van der Waals surface area contributed by atoms with Gasteiger partial charge in [0.25, 0.3) is 0 Å². The number of rotatable bonds is 35. The summed E-state index contributed by atoms with van der Waals surface area (Å²) in [5.74, 6) is -0.698. The molecule has 0 aliphatic carbocycles. The number of Topliss-reactive ketones (excluding diaryl/α,β-unsaturated/α-hetero) is 3. The first-order chi connectivity index (χ1) is 28.0. The lowest BCUT2D eigenvalue weighted by Crippen LogP contribution is -2.54. The zero-order valence-electron chi connectivity index (χ0n) is 34.3. The zero-order chi connectivity index (χ0) is 42.4. The molecule has 4 N–H and O–H groups in total. The molecule has 1 aliphatic rings. The Kier molecular flexibility index (Phi) is 28.2. The Morgan fingerprint density at radius 1 is 0.690 bits per heavy atom. The van der Waals surface area contributed by atoms with E-state index in [2.05, 4.69) is 10.6 Å². The van der Waals surface area contributed by atoms with E-state index < -0.39 is 12.1 Å². The molecule has 0 unspecified atom stereocenters. The molecule has 0 saturated heterocycles. The van der Waals surface area contributed by atoms with Gasteiger partial charge in [0.05, 0.1) is 69.4 Å². The van der Waals surface area contributed by atoms with Crippen molar-refractivity contribution in [2.75, 3.05) is 96.8 Å². The zero-order valence-corrected chi connectivity index (χ0v) is 36.5. The first-order valence-electron chi connectivity index (χ1n) is 20.3. The van der Waals surface area contributed by atoms with Crippen LogP contribution in [0.4, 0.5) is 0 Å². The Labute approximate surface area is 356 Å². The number of amides is 3. The molecular formula is C41H65IN4O12. The fraction of sp³-hybridized carbons (Fsp3) is 0.707. The second-order valence-electron chi connectivity index (χ2n) is 14.2. The van der Waals surface area contributed by atoms with Crippen molar-refractivity contribution in [2.45, 2.75) is 83.8 Å². The molecule has 58 heavy (non-hydrogen) atoms. The lowest BCUT2D eigenvalue weighted by molar-refractivity contribution is -0.143. The van der Waals surface area contributed by atoms with E-state index in [0.717, 1.165) is 17.5 Å². The summed E-state index contributed by atoms with van der Waals surface area (Å²) in [7, 11) is 0. The molecule has 0 spiro atoms. The second-order valence-corrected chi connectivity index (χ2v) is 15.0. The predicted molar refractivity (Wildman–Crippen MR) is 224 cm³/mol. The lowest BCUT2D eigenvalue weighted by atomic mass is 9.87. The van der Waals surface area contributed by atoms with Gasteiger partial charge in [-0.25, -0.2) is 0 Å². The molecule has 0 aromatic heterocycles. The van der Waals surface area contributed by atoms with Crippen LogP contribution in [-0.4, -0.2) is 149 Å². The predicted octanol–water partition coefficient (Wildman–Crippen LogP) is 2.13. The van der Waals surface area contributed by atoms with Crippen LogP contribution in [0.2, 0.25) is 0 Å². The Morgan fingerprint density at radius 3 is 1.83 bits per heavy atom. The van der Waals surface area contributed by atoms with Crippen molar-refractivity contribution in [1.82, 2.24) is 15.5 Å². The Balaban J connectivity index is 1.36. The number of carbonyl (C=O) groups excluding carboxylic acids is 6. The number of unbranched alkanes of at least 4 members (excludes halogenated alkanes) is 2. The Hall–Kier alpha value is -2.91. The smallest absolute Gasteiger partial charge is 0.246 e. The molecule has 3 amide bonds. The summed E-state index contributed by atoms with van der Waals surface area (Å²) in [6.45, 7) is 7.53. The number of ether oxygens (including phenoxy) is 6. The van der Waals surface area contributed by atoms with Crippen molar-refractivity contribution >= 4 is 57.7 Å². The van der Waals surface area contributed by atoms with E-state index in [9.17, 15) is 28.8 Å². The SMILES string of the molecule is CC(C)C(=O)[C@H]1Cc2ccccc2CN1C(=O)[C@H](N)CCCCCC(=O)COCCOCCNC(=O)COCCOCCCC(=O)COCCOCCNC(=O)CI. The highest BCUT2D eigenvalue weighted by Crippen LogP contribution is 2.26. The van der Waals surface area contributed by atoms with Gasteiger partial charge in [-0.1, -0.05) is 73.5 Å². The number of benzene rings is 1. The largest absolute Gasteiger partial charge is 0.379 e. The average Bonchev–Trinajstić information content (AvgIpc) is 3.22. The summed E-state index contributed by atoms with van der Waals surface area (Å²) in [6.07, 6.45) is 4.37. The topological polar surface area (TPSA) is 211 Å².